The summed E-state index contributed by atoms with van der Waals surface area (Å²) in [6, 6.07) is 14.7. The van der Waals surface area contributed by atoms with Crippen molar-refractivity contribution in [3.05, 3.63) is 92.2 Å². The van der Waals surface area contributed by atoms with Crippen LogP contribution in [0.2, 0.25) is 15.3 Å². The van der Waals surface area contributed by atoms with Gasteiger partial charge in [0.15, 0.2) is 34.4 Å². The first kappa shape index (κ1) is 35.6. The average molecular weight is 813 g/mol. The van der Waals surface area contributed by atoms with Crippen LogP contribution >= 0.6 is 34.8 Å². The van der Waals surface area contributed by atoms with Crippen LogP contribution in [0.4, 0.5) is 5.69 Å². The summed E-state index contributed by atoms with van der Waals surface area (Å²) in [5.74, 6) is -0.302. The molecular weight excluding hydrogens is 777 g/mol. The van der Waals surface area contributed by atoms with E-state index in [-0.39, 0.29) is 71.7 Å². The van der Waals surface area contributed by atoms with Crippen LogP contribution in [0.25, 0.3) is 44.9 Å². The smallest absolute Gasteiger partial charge is 0.250 e. The zero-order valence-corrected chi connectivity index (χ0v) is 33.0. The molecule has 3 aromatic heterocycles. The van der Waals surface area contributed by atoms with Gasteiger partial charge in [-0.2, -0.15) is 4.98 Å². The molecule has 0 aliphatic carbocycles. The number of H-pyrrole nitrogens is 1. The number of oxazole rings is 2. The van der Waals surface area contributed by atoms with Gasteiger partial charge in [-0.05, 0) is 60.6 Å². The van der Waals surface area contributed by atoms with E-state index in [1.807, 2.05) is 62.4 Å². The van der Waals surface area contributed by atoms with Crippen molar-refractivity contribution < 1.29 is 28.3 Å². The number of rotatable bonds is 6. The third-order valence-corrected chi connectivity index (χ3v) is 13.0. The van der Waals surface area contributed by atoms with Crippen molar-refractivity contribution in [3.8, 4) is 39.8 Å². The van der Waals surface area contributed by atoms with Gasteiger partial charge in [-0.25, -0.2) is 4.98 Å². The molecule has 56 heavy (non-hydrogen) atoms. The van der Waals surface area contributed by atoms with Crippen LogP contribution in [0.1, 0.15) is 81.3 Å². The summed E-state index contributed by atoms with van der Waals surface area (Å²) in [6.45, 7) is 7.44. The maximum Gasteiger partial charge on any atom is 0.250 e. The van der Waals surface area contributed by atoms with Gasteiger partial charge in [-0.3, -0.25) is 9.59 Å². The fraction of sp³-hybridized carbons (Fsp3) is 0.333. The van der Waals surface area contributed by atoms with Crippen molar-refractivity contribution in [1.29, 1.82) is 0 Å². The Balaban J connectivity index is 1.30. The molecule has 1 amide bonds. The Morgan fingerprint density at radius 1 is 1.02 bits per heavy atom. The number of hydrogen-bond donors (Lipinski definition) is 4. The van der Waals surface area contributed by atoms with Crippen LogP contribution in [0.5, 0.6) is 5.75 Å². The van der Waals surface area contributed by atoms with E-state index in [2.05, 4.69) is 15.6 Å². The highest BCUT2D eigenvalue weighted by Crippen LogP contribution is 2.62. The number of anilines is 1. The topological polar surface area (TPSA) is 156 Å². The summed E-state index contributed by atoms with van der Waals surface area (Å²) >= 11 is 21.0. The number of amides is 1. The molecule has 4 N–H and O–H groups in total. The molecule has 10 rings (SSSR count). The average Bonchev–Trinajstić information content (AvgIpc) is 3.98. The largest absolute Gasteiger partial charge is 0.469 e. The van der Waals surface area contributed by atoms with Gasteiger partial charge in [0, 0.05) is 50.6 Å². The van der Waals surface area contributed by atoms with Crippen molar-refractivity contribution in [2.24, 2.45) is 11.8 Å². The molecule has 4 atom stereocenters. The Labute approximate surface area is 336 Å². The van der Waals surface area contributed by atoms with Crippen molar-refractivity contribution in [2.45, 2.75) is 76.7 Å². The third kappa shape index (κ3) is 4.80. The van der Waals surface area contributed by atoms with Gasteiger partial charge in [-0.1, -0.05) is 86.8 Å². The monoisotopic (exact) mass is 811 g/mol. The molecule has 0 saturated heterocycles. The van der Waals surface area contributed by atoms with E-state index >= 15 is 0 Å². The van der Waals surface area contributed by atoms with Gasteiger partial charge in [0.25, 0.3) is 5.89 Å². The Morgan fingerprint density at radius 3 is 2.59 bits per heavy atom. The van der Waals surface area contributed by atoms with Crippen LogP contribution in [0.3, 0.4) is 0 Å². The van der Waals surface area contributed by atoms with Crippen molar-refractivity contribution in [3.63, 3.8) is 0 Å². The lowest BCUT2D eigenvalue weighted by molar-refractivity contribution is -0.141. The molecule has 14 heteroatoms. The lowest BCUT2D eigenvalue weighted by Gasteiger charge is -2.29. The van der Waals surface area contributed by atoms with E-state index in [0.717, 1.165) is 44.4 Å². The predicted octanol–water partition coefficient (Wildman–Crippen LogP) is 9.39. The zero-order valence-electron chi connectivity index (χ0n) is 30.8. The van der Waals surface area contributed by atoms with E-state index in [9.17, 15) is 14.7 Å². The van der Waals surface area contributed by atoms with E-state index in [4.69, 9.17) is 58.3 Å². The SMILES string of the molecule is CCC(O)(CC)C(=O)CC1Cc2ccc3c(c2)C24c5cc(Cl)cc(c5N[C@H]2O3)-c2cccc3[nH]c(Cl)c(c23)-c2oc(nc2Cl)-c2nc(oc24)[C@H](C(C)C)NC1=O. The number of aromatic amines is 1. The molecule has 286 valence electrons. The van der Waals surface area contributed by atoms with Gasteiger partial charge < -0.3 is 34.3 Å². The van der Waals surface area contributed by atoms with Gasteiger partial charge >= 0.3 is 0 Å². The summed E-state index contributed by atoms with van der Waals surface area (Å²) < 4.78 is 20.5. The molecule has 0 saturated carbocycles. The van der Waals surface area contributed by atoms with E-state index in [1.165, 1.54) is 0 Å². The minimum Gasteiger partial charge on any atom is -0.469 e. The van der Waals surface area contributed by atoms with Gasteiger partial charge in [0.1, 0.15) is 28.0 Å². The molecule has 6 aromatic rings. The van der Waals surface area contributed by atoms with Gasteiger partial charge in [0.05, 0.1) is 5.56 Å². The molecule has 2 unspecified atom stereocenters. The van der Waals surface area contributed by atoms with Crippen molar-refractivity contribution in [2.75, 3.05) is 5.32 Å². The molecule has 7 heterocycles. The number of carbonyl (C=O) groups excluding carboxylic acids is 2. The lowest BCUT2D eigenvalue weighted by atomic mass is 9.71. The maximum atomic E-state index is 14.4. The number of hydrogen-bond acceptors (Lipinski definition) is 9. The summed E-state index contributed by atoms with van der Waals surface area (Å²) in [5, 5.41) is 19.7. The standard InChI is InChI=1S/C42H36Cl3N5O6/c1-5-41(53,6-2)27(51)14-19-12-18-10-11-26-23(13-18)42-24-16-20(43)15-22(31(24)49-40(42)54-26)21-8-7-9-25-28(21)29(35(44)46-25)33-36(45)50-39(55-33)32-34(42)56-38(48-32)30(17(3)4)47-37(19)52/h7-11,13,15-17,19,30,40,46,49,53H,5-6,12,14H2,1-4H3,(H,47,52)/t19?,30-,40-,42?/m0/s1. The van der Waals surface area contributed by atoms with Crippen molar-refractivity contribution in [1.82, 2.24) is 20.3 Å². The summed E-state index contributed by atoms with van der Waals surface area (Å²) in [6.07, 6.45) is -0.216. The molecule has 1 spiro atoms. The number of benzene rings is 3. The third-order valence-electron chi connectivity index (χ3n) is 12.2. The number of ether oxygens (including phenoxy) is 1. The predicted molar refractivity (Wildman–Crippen MR) is 212 cm³/mol. The molecule has 10 bridgehead atoms. The molecular formula is C42H36Cl3N5O6. The van der Waals surface area contributed by atoms with E-state index in [1.54, 1.807) is 13.8 Å². The van der Waals surface area contributed by atoms with Crippen LogP contribution in [0, 0.1) is 11.8 Å². The number of nitrogens with zero attached hydrogens (tertiary/aromatic N) is 2. The minimum atomic E-state index is -1.54. The van der Waals surface area contributed by atoms with Crippen LogP contribution in [-0.4, -0.2) is 43.6 Å². The highest BCUT2D eigenvalue weighted by molar-refractivity contribution is 6.38. The lowest BCUT2D eigenvalue weighted by Crippen LogP contribution is -2.43. The van der Waals surface area contributed by atoms with Gasteiger partial charge in [0.2, 0.25) is 11.8 Å². The first-order chi connectivity index (χ1) is 26.9. The highest BCUT2D eigenvalue weighted by Gasteiger charge is 2.62. The molecule has 11 nitrogen and oxygen atoms in total. The first-order valence-electron chi connectivity index (χ1n) is 18.8. The molecule has 4 aliphatic heterocycles. The number of Topliss-reactive ketones (excluding diaryl/α,β-unsaturated/α-hetero) is 1. The second-order valence-electron chi connectivity index (χ2n) is 15.6. The second kappa shape index (κ2) is 12.3. The number of carbonyl (C=O) groups is 2. The number of fused-ring (bicyclic) bond motifs is 7. The fourth-order valence-corrected chi connectivity index (χ4v) is 9.86. The summed E-state index contributed by atoms with van der Waals surface area (Å²) in [4.78, 5) is 41.2. The maximum absolute atomic E-state index is 14.4. The molecule has 0 fully saturated rings. The van der Waals surface area contributed by atoms with Crippen LogP contribution in [0.15, 0.2) is 57.4 Å². The fourth-order valence-electron chi connectivity index (χ4n) is 9.15. The minimum absolute atomic E-state index is 0.0710. The normalized spacial score (nSPS) is 21.6. The van der Waals surface area contributed by atoms with E-state index in [0.29, 0.717) is 27.2 Å². The van der Waals surface area contributed by atoms with Crippen LogP contribution < -0.4 is 15.4 Å². The quantitative estimate of drug-likeness (QED) is 0.129. The summed E-state index contributed by atoms with van der Waals surface area (Å²) in [5.41, 5.74) is 3.46. The Morgan fingerprint density at radius 2 is 1.82 bits per heavy atom. The number of aliphatic hydroxyl groups is 1. The molecule has 0 radical (unpaired) electrons. The number of nitrogens with one attached hydrogen (secondary N) is 3. The highest BCUT2D eigenvalue weighted by atomic mass is 35.5. The molecule has 3 aromatic carbocycles. The Bertz CT molecular complexity index is 2680. The number of aromatic nitrogens is 3. The van der Waals surface area contributed by atoms with E-state index < -0.39 is 29.2 Å². The van der Waals surface area contributed by atoms with Gasteiger partial charge in [-0.15, -0.1) is 0 Å². The first-order valence-corrected chi connectivity index (χ1v) is 19.9. The Hall–Kier alpha value is -4.81. The van der Waals surface area contributed by atoms with Crippen LogP contribution in [-0.2, 0) is 21.4 Å². The zero-order chi connectivity index (χ0) is 39.0. The number of halogens is 3. The Kier molecular flexibility index (Phi) is 7.85. The number of ketones is 1. The second-order valence-corrected chi connectivity index (χ2v) is 16.7. The summed E-state index contributed by atoms with van der Waals surface area (Å²) in [7, 11) is 0. The molecule has 4 aliphatic rings. The van der Waals surface area contributed by atoms with Crippen molar-refractivity contribution >= 4 is 63.1 Å².